The molecule has 0 aliphatic heterocycles. The molecule has 0 heterocycles. The number of rotatable bonds is 5. The Hall–Kier alpha value is -1.46. The summed E-state index contributed by atoms with van der Waals surface area (Å²) in [5.41, 5.74) is 0.246. The van der Waals surface area contributed by atoms with Crippen LogP contribution in [0.2, 0.25) is 0 Å². The number of carbonyl (C=O) groups is 1. The molecule has 0 bridgehead atoms. The minimum Gasteiger partial charge on any atom is -0.394 e. The summed E-state index contributed by atoms with van der Waals surface area (Å²) in [7, 11) is 3.63. The average molecular weight is 294 g/mol. The van der Waals surface area contributed by atoms with Crippen LogP contribution >= 0.6 is 0 Å². The number of aliphatic hydroxyl groups excluding tert-OH is 1. The molecule has 0 saturated heterocycles. The maximum absolute atomic E-state index is 13.0. The minimum atomic E-state index is -0.495. The number of benzene rings is 1. The third-order valence-corrected chi connectivity index (χ3v) is 4.20. The van der Waals surface area contributed by atoms with Gasteiger partial charge in [-0.3, -0.25) is 9.69 Å². The summed E-state index contributed by atoms with van der Waals surface area (Å²) in [6.07, 6.45) is 3.64. The molecule has 1 aliphatic rings. The Morgan fingerprint density at radius 1 is 1.33 bits per heavy atom. The van der Waals surface area contributed by atoms with E-state index in [0.29, 0.717) is 0 Å². The van der Waals surface area contributed by atoms with Gasteiger partial charge in [0.25, 0.3) is 0 Å². The molecule has 2 rings (SSSR count). The number of nitrogens with zero attached hydrogens (tertiary/aromatic N) is 1. The molecule has 21 heavy (non-hydrogen) atoms. The van der Waals surface area contributed by atoms with Crippen molar-refractivity contribution >= 4 is 5.91 Å². The monoisotopic (exact) mass is 294 g/mol. The summed E-state index contributed by atoms with van der Waals surface area (Å²) in [6.45, 7) is -0.0394. The highest BCUT2D eigenvalue weighted by Gasteiger charge is 2.37. The molecule has 1 aromatic carbocycles. The highest BCUT2D eigenvalue weighted by atomic mass is 19.1. The highest BCUT2D eigenvalue weighted by molar-refractivity contribution is 5.84. The van der Waals surface area contributed by atoms with Crippen molar-refractivity contribution in [3.8, 4) is 0 Å². The number of aliphatic hydroxyl groups is 1. The first-order chi connectivity index (χ1) is 9.97. The van der Waals surface area contributed by atoms with Gasteiger partial charge in [0.15, 0.2) is 0 Å². The van der Waals surface area contributed by atoms with Gasteiger partial charge in [-0.2, -0.15) is 0 Å². The number of hydrogen-bond acceptors (Lipinski definition) is 3. The summed E-state index contributed by atoms with van der Waals surface area (Å²) in [4.78, 5) is 14.4. The van der Waals surface area contributed by atoms with E-state index in [-0.39, 0.29) is 18.3 Å². The largest absolute Gasteiger partial charge is 0.394 e. The molecule has 1 fully saturated rings. The second-order valence-corrected chi connectivity index (χ2v) is 6.05. The standard InChI is InChI=1S/C16H23FN2O2/c1-19(2)14(12-5-7-13(17)8-6-12)15(21)18-16(11-20)9-3-4-10-16/h5-8,14,20H,3-4,9-11H2,1-2H3,(H,18,21). The zero-order valence-electron chi connectivity index (χ0n) is 12.6. The lowest BCUT2D eigenvalue weighted by molar-refractivity contribution is -0.128. The fraction of sp³-hybridized carbons (Fsp3) is 0.562. The molecule has 1 saturated carbocycles. The van der Waals surface area contributed by atoms with Crippen molar-refractivity contribution in [2.75, 3.05) is 20.7 Å². The fourth-order valence-electron chi connectivity index (χ4n) is 3.03. The normalized spacial score (nSPS) is 18.7. The van der Waals surface area contributed by atoms with E-state index in [1.54, 1.807) is 17.0 Å². The quantitative estimate of drug-likeness (QED) is 0.871. The lowest BCUT2D eigenvalue weighted by Gasteiger charge is -2.32. The maximum Gasteiger partial charge on any atom is 0.242 e. The van der Waals surface area contributed by atoms with Gasteiger partial charge in [0.2, 0.25) is 5.91 Å². The zero-order chi connectivity index (χ0) is 15.5. The van der Waals surface area contributed by atoms with Crippen LogP contribution < -0.4 is 5.32 Å². The Labute approximate surface area is 125 Å². The number of amides is 1. The summed E-state index contributed by atoms with van der Waals surface area (Å²) in [6, 6.07) is 5.47. The van der Waals surface area contributed by atoms with Crippen LogP contribution in [0, 0.1) is 5.82 Å². The Balaban J connectivity index is 2.18. The first kappa shape index (κ1) is 15.9. The SMILES string of the molecule is CN(C)C(C(=O)NC1(CO)CCCC1)c1ccc(F)cc1. The predicted molar refractivity (Wildman–Crippen MR) is 79.3 cm³/mol. The van der Waals surface area contributed by atoms with Gasteiger partial charge < -0.3 is 10.4 Å². The van der Waals surface area contributed by atoms with Gasteiger partial charge in [0, 0.05) is 0 Å². The molecule has 0 aromatic heterocycles. The van der Waals surface area contributed by atoms with Crippen molar-refractivity contribution in [2.45, 2.75) is 37.3 Å². The van der Waals surface area contributed by atoms with Crippen LogP contribution in [0.25, 0.3) is 0 Å². The summed E-state index contributed by atoms with van der Waals surface area (Å²) in [5, 5.41) is 12.6. The first-order valence-electron chi connectivity index (χ1n) is 7.32. The van der Waals surface area contributed by atoms with Crippen LogP contribution in [-0.4, -0.2) is 42.2 Å². The van der Waals surface area contributed by atoms with Crippen LogP contribution in [0.5, 0.6) is 0 Å². The highest BCUT2D eigenvalue weighted by Crippen LogP contribution is 2.30. The lowest BCUT2D eigenvalue weighted by atomic mass is 9.97. The van der Waals surface area contributed by atoms with Crippen molar-refractivity contribution < 1.29 is 14.3 Å². The Bertz CT molecular complexity index is 482. The van der Waals surface area contributed by atoms with Crippen LogP contribution in [0.1, 0.15) is 37.3 Å². The van der Waals surface area contributed by atoms with Gasteiger partial charge in [0.1, 0.15) is 11.9 Å². The number of nitrogens with one attached hydrogen (secondary N) is 1. The van der Waals surface area contributed by atoms with Gasteiger partial charge in [-0.25, -0.2) is 4.39 Å². The summed E-state index contributed by atoms with van der Waals surface area (Å²) < 4.78 is 13.0. The van der Waals surface area contributed by atoms with E-state index in [2.05, 4.69) is 5.32 Å². The lowest BCUT2D eigenvalue weighted by Crippen LogP contribution is -2.52. The average Bonchev–Trinajstić information content (AvgIpc) is 2.90. The van der Waals surface area contributed by atoms with E-state index in [9.17, 15) is 14.3 Å². The van der Waals surface area contributed by atoms with Crippen LogP contribution in [-0.2, 0) is 4.79 Å². The molecule has 1 amide bonds. The molecule has 1 aliphatic carbocycles. The molecule has 116 valence electrons. The third kappa shape index (κ3) is 3.60. The maximum atomic E-state index is 13.0. The third-order valence-electron chi connectivity index (χ3n) is 4.20. The van der Waals surface area contributed by atoms with Crippen molar-refractivity contribution in [3.05, 3.63) is 35.6 Å². The van der Waals surface area contributed by atoms with E-state index in [1.165, 1.54) is 12.1 Å². The summed E-state index contributed by atoms with van der Waals surface area (Å²) >= 11 is 0. The number of hydrogen-bond donors (Lipinski definition) is 2. The Morgan fingerprint density at radius 2 is 1.90 bits per heavy atom. The number of carbonyl (C=O) groups excluding carboxylic acids is 1. The fourth-order valence-corrected chi connectivity index (χ4v) is 3.03. The zero-order valence-corrected chi connectivity index (χ0v) is 12.6. The first-order valence-corrected chi connectivity index (χ1v) is 7.32. The van der Waals surface area contributed by atoms with Gasteiger partial charge in [-0.1, -0.05) is 25.0 Å². The second-order valence-electron chi connectivity index (χ2n) is 6.05. The molecule has 2 N–H and O–H groups in total. The predicted octanol–water partition coefficient (Wildman–Crippen LogP) is 1.85. The number of halogens is 1. The molecule has 0 spiro atoms. The van der Waals surface area contributed by atoms with Crippen molar-refractivity contribution in [1.82, 2.24) is 10.2 Å². The molecule has 0 radical (unpaired) electrons. The van der Waals surface area contributed by atoms with E-state index >= 15 is 0 Å². The molecule has 1 aromatic rings. The van der Waals surface area contributed by atoms with Gasteiger partial charge in [0.05, 0.1) is 12.1 Å². The molecule has 1 atom stereocenters. The van der Waals surface area contributed by atoms with Crippen LogP contribution in [0.15, 0.2) is 24.3 Å². The Kier molecular flexibility index (Phi) is 4.96. The minimum absolute atomic E-state index is 0.0394. The molecule has 5 heteroatoms. The Morgan fingerprint density at radius 3 is 2.38 bits per heavy atom. The van der Waals surface area contributed by atoms with Gasteiger partial charge in [-0.15, -0.1) is 0 Å². The van der Waals surface area contributed by atoms with E-state index in [1.807, 2.05) is 14.1 Å². The topological polar surface area (TPSA) is 52.6 Å². The smallest absolute Gasteiger partial charge is 0.242 e. The summed E-state index contributed by atoms with van der Waals surface area (Å²) in [5.74, 6) is -0.471. The van der Waals surface area contributed by atoms with Crippen molar-refractivity contribution in [3.63, 3.8) is 0 Å². The van der Waals surface area contributed by atoms with E-state index in [0.717, 1.165) is 31.2 Å². The van der Waals surface area contributed by atoms with E-state index < -0.39 is 11.6 Å². The molecule has 1 unspecified atom stereocenters. The van der Waals surface area contributed by atoms with Crippen molar-refractivity contribution in [1.29, 1.82) is 0 Å². The van der Waals surface area contributed by atoms with Gasteiger partial charge in [-0.05, 0) is 44.6 Å². The van der Waals surface area contributed by atoms with Gasteiger partial charge >= 0.3 is 0 Å². The second kappa shape index (κ2) is 6.54. The number of likely N-dealkylation sites (N-methyl/N-ethyl adjacent to an activating group) is 1. The van der Waals surface area contributed by atoms with Crippen LogP contribution in [0.4, 0.5) is 4.39 Å². The molecular formula is C16H23FN2O2. The molecular weight excluding hydrogens is 271 g/mol. The van der Waals surface area contributed by atoms with Crippen LogP contribution in [0.3, 0.4) is 0 Å². The van der Waals surface area contributed by atoms with E-state index in [4.69, 9.17) is 0 Å². The molecule has 4 nitrogen and oxygen atoms in total. The van der Waals surface area contributed by atoms with Crippen molar-refractivity contribution in [2.24, 2.45) is 0 Å².